The van der Waals surface area contributed by atoms with Gasteiger partial charge in [0, 0.05) is 17.3 Å². The number of aromatic carboxylic acids is 1. The van der Waals surface area contributed by atoms with Gasteiger partial charge in [0.05, 0.1) is 22.1 Å². The summed E-state index contributed by atoms with van der Waals surface area (Å²) in [6.45, 7) is 3.61. The maximum Gasteiger partial charge on any atom is 0.345 e. The number of aryl methyl sites for hydroxylation is 2. The van der Waals surface area contributed by atoms with E-state index < -0.39 is 16.0 Å². The van der Waals surface area contributed by atoms with E-state index in [1.54, 1.807) is 6.92 Å². The smallest absolute Gasteiger partial charge is 0.345 e. The van der Waals surface area contributed by atoms with Crippen LogP contribution < -0.4 is 0 Å². The van der Waals surface area contributed by atoms with Gasteiger partial charge in [0.1, 0.15) is 4.88 Å². The van der Waals surface area contributed by atoms with Crippen LogP contribution in [0.15, 0.2) is 16.3 Å². The number of hydrogen-bond acceptors (Lipinski definition) is 6. The SMILES string of the molecule is Cc1nc(CN(C)S(=O)(=O)c2cc(C(=O)O)sc2C)cs1. The molecule has 0 fully saturated rings. The molecule has 0 bridgehead atoms. The van der Waals surface area contributed by atoms with E-state index in [0.717, 1.165) is 16.3 Å². The third kappa shape index (κ3) is 3.31. The molecule has 0 aliphatic heterocycles. The molecule has 0 aromatic carbocycles. The quantitative estimate of drug-likeness (QED) is 0.898. The summed E-state index contributed by atoms with van der Waals surface area (Å²) in [5.74, 6) is -1.12. The lowest BCUT2D eigenvalue weighted by molar-refractivity contribution is 0.0702. The van der Waals surface area contributed by atoms with Crippen LogP contribution in [0.5, 0.6) is 0 Å². The Hall–Kier alpha value is -1.29. The van der Waals surface area contributed by atoms with Crippen molar-refractivity contribution in [3.05, 3.63) is 31.9 Å². The van der Waals surface area contributed by atoms with Crippen molar-refractivity contribution >= 4 is 38.7 Å². The van der Waals surface area contributed by atoms with Crippen LogP contribution in [0.3, 0.4) is 0 Å². The van der Waals surface area contributed by atoms with Gasteiger partial charge in [-0.1, -0.05) is 0 Å². The molecule has 2 aromatic heterocycles. The molecule has 6 nitrogen and oxygen atoms in total. The molecule has 1 N–H and O–H groups in total. The van der Waals surface area contributed by atoms with Crippen molar-refractivity contribution in [2.45, 2.75) is 25.3 Å². The van der Waals surface area contributed by atoms with Crippen LogP contribution in [0.25, 0.3) is 0 Å². The molecule has 0 atom stereocenters. The Morgan fingerprint density at radius 2 is 2.10 bits per heavy atom. The van der Waals surface area contributed by atoms with Crippen molar-refractivity contribution < 1.29 is 18.3 Å². The van der Waals surface area contributed by atoms with E-state index in [1.165, 1.54) is 28.8 Å². The molecule has 2 rings (SSSR count). The topological polar surface area (TPSA) is 87.6 Å². The highest BCUT2D eigenvalue weighted by atomic mass is 32.2. The number of carboxylic acid groups (broad SMARTS) is 1. The van der Waals surface area contributed by atoms with E-state index in [-0.39, 0.29) is 16.3 Å². The molecule has 0 amide bonds. The summed E-state index contributed by atoms with van der Waals surface area (Å²) in [4.78, 5) is 15.7. The van der Waals surface area contributed by atoms with E-state index >= 15 is 0 Å². The third-order valence-corrected chi connectivity index (χ3v) is 6.74. The summed E-state index contributed by atoms with van der Waals surface area (Å²) >= 11 is 2.41. The fraction of sp³-hybridized carbons (Fsp3) is 0.333. The van der Waals surface area contributed by atoms with Crippen LogP contribution in [-0.4, -0.2) is 35.8 Å². The third-order valence-electron chi connectivity index (χ3n) is 2.82. The molecule has 0 saturated carbocycles. The van der Waals surface area contributed by atoms with Gasteiger partial charge in [-0.15, -0.1) is 22.7 Å². The summed E-state index contributed by atoms with van der Waals surface area (Å²) in [6, 6.07) is 1.21. The first-order valence-corrected chi connectivity index (χ1v) is 9.06. The molecular weight excluding hydrogens is 332 g/mol. The molecular formula is C12H14N2O4S3. The Kier molecular flexibility index (Phi) is 4.47. The fourth-order valence-electron chi connectivity index (χ4n) is 1.79. The Morgan fingerprint density at radius 1 is 1.43 bits per heavy atom. The number of aromatic nitrogens is 1. The lowest BCUT2D eigenvalue weighted by Gasteiger charge is -2.15. The zero-order valence-corrected chi connectivity index (χ0v) is 14.1. The fourth-order valence-corrected chi connectivity index (χ4v) is 4.93. The maximum absolute atomic E-state index is 12.5. The molecule has 114 valence electrons. The molecule has 21 heavy (non-hydrogen) atoms. The van der Waals surface area contributed by atoms with Gasteiger partial charge in [-0.3, -0.25) is 0 Å². The molecule has 2 heterocycles. The average Bonchev–Trinajstić information content (AvgIpc) is 2.96. The summed E-state index contributed by atoms with van der Waals surface area (Å²) < 4.78 is 26.2. The van der Waals surface area contributed by atoms with Crippen molar-refractivity contribution in [1.29, 1.82) is 0 Å². The summed E-state index contributed by atoms with van der Waals surface area (Å²) in [5, 5.41) is 11.6. The Labute approximate surface area is 130 Å². The Bertz CT molecular complexity index is 776. The first-order chi connectivity index (χ1) is 9.71. The van der Waals surface area contributed by atoms with Gasteiger partial charge in [0.2, 0.25) is 10.0 Å². The Balaban J connectivity index is 2.30. The normalized spacial score (nSPS) is 12.0. The van der Waals surface area contributed by atoms with E-state index in [2.05, 4.69) is 4.98 Å². The average molecular weight is 346 g/mol. The van der Waals surface area contributed by atoms with E-state index in [4.69, 9.17) is 5.11 Å². The second kappa shape index (κ2) is 5.84. The zero-order chi connectivity index (χ0) is 15.8. The predicted octanol–water partition coefficient (Wildman–Crippen LogP) is 2.34. The van der Waals surface area contributed by atoms with Crippen molar-refractivity contribution in [3.8, 4) is 0 Å². The lowest BCUT2D eigenvalue weighted by Crippen LogP contribution is -2.26. The second-order valence-corrected chi connectivity index (χ2v) is 8.79. The highest BCUT2D eigenvalue weighted by Gasteiger charge is 2.26. The van der Waals surface area contributed by atoms with E-state index in [9.17, 15) is 13.2 Å². The standard InChI is InChI=1S/C12H14N2O4S3/c1-7-11(4-10(20-7)12(15)16)21(17,18)14(3)5-9-6-19-8(2)13-9/h4,6H,5H2,1-3H3,(H,15,16). The van der Waals surface area contributed by atoms with E-state index in [0.29, 0.717) is 10.6 Å². The van der Waals surface area contributed by atoms with Gasteiger partial charge in [0.25, 0.3) is 0 Å². The van der Waals surface area contributed by atoms with Gasteiger partial charge >= 0.3 is 5.97 Å². The number of hydrogen-bond donors (Lipinski definition) is 1. The monoisotopic (exact) mass is 346 g/mol. The first kappa shape index (κ1) is 16.1. The number of rotatable bonds is 5. The zero-order valence-electron chi connectivity index (χ0n) is 11.7. The number of carboxylic acids is 1. The lowest BCUT2D eigenvalue weighted by atomic mass is 10.4. The Morgan fingerprint density at radius 3 is 2.57 bits per heavy atom. The number of carbonyl (C=O) groups is 1. The number of sulfonamides is 1. The largest absolute Gasteiger partial charge is 0.477 e. The van der Waals surface area contributed by atoms with Gasteiger partial charge in [0.15, 0.2) is 0 Å². The van der Waals surface area contributed by atoms with Gasteiger partial charge in [-0.2, -0.15) is 4.31 Å². The van der Waals surface area contributed by atoms with Gasteiger partial charge in [-0.05, 0) is 19.9 Å². The predicted molar refractivity (Wildman–Crippen MR) is 81.5 cm³/mol. The minimum absolute atomic E-state index is 0.0176. The van der Waals surface area contributed by atoms with Crippen LogP contribution in [0.4, 0.5) is 0 Å². The molecule has 0 unspecified atom stereocenters. The van der Waals surface area contributed by atoms with Crippen molar-refractivity contribution in [2.24, 2.45) is 0 Å². The highest BCUT2D eigenvalue weighted by molar-refractivity contribution is 7.89. The molecule has 0 saturated heterocycles. The first-order valence-electron chi connectivity index (χ1n) is 5.93. The number of thiophene rings is 1. The van der Waals surface area contributed by atoms with Gasteiger partial charge in [-0.25, -0.2) is 18.2 Å². The van der Waals surface area contributed by atoms with Crippen LogP contribution in [-0.2, 0) is 16.6 Å². The summed E-state index contributed by atoms with van der Waals surface area (Å²) in [6.07, 6.45) is 0. The van der Waals surface area contributed by atoms with Crippen molar-refractivity contribution in [1.82, 2.24) is 9.29 Å². The van der Waals surface area contributed by atoms with Gasteiger partial charge < -0.3 is 5.11 Å². The van der Waals surface area contributed by atoms with E-state index in [1.807, 2.05) is 12.3 Å². The van der Waals surface area contributed by atoms with Crippen LogP contribution in [0.2, 0.25) is 0 Å². The minimum atomic E-state index is -3.73. The molecule has 0 aliphatic carbocycles. The van der Waals surface area contributed by atoms with Crippen molar-refractivity contribution in [3.63, 3.8) is 0 Å². The minimum Gasteiger partial charge on any atom is -0.477 e. The van der Waals surface area contributed by atoms with Crippen molar-refractivity contribution in [2.75, 3.05) is 7.05 Å². The molecule has 0 aliphatic rings. The molecule has 2 aromatic rings. The van der Waals surface area contributed by atoms with Crippen LogP contribution in [0, 0.1) is 13.8 Å². The number of thiazole rings is 1. The summed E-state index contributed by atoms with van der Waals surface area (Å²) in [5.41, 5.74) is 0.676. The number of nitrogens with zero attached hydrogens (tertiary/aromatic N) is 2. The molecule has 9 heteroatoms. The highest BCUT2D eigenvalue weighted by Crippen LogP contribution is 2.28. The molecule has 0 radical (unpaired) electrons. The second-order valence-electron chi connectivity index (χ2n) is 4.46. The maximum atomic E-state index is 12.5. The summed E-state index contributed by atoms with van der Waals surface area (Å²) in [7, 11) is -2.27. The van der Waals surface area contributed by atoms with Crippen LogP contribution in [0.1, 0.15) is 25.3 Å². The molecule has 0 spiro atoms. The van der Waals surface area contributed by atoms with Crippen LogP contribution >= 0.6 is 22.7 Å².